The minimum Gasteiger partial charge on any atom is -0.497 e. The molecule has 0 atom stereocenters. The van der Waals surface area contributed by atoms with Gasteiger partial charge >= 0.3 is 0 Å². The molecule has 0 saturated heterocycles. The fourth-order valence-corrected chi connectivity index (χ4v) is 4.89. The van der Waals surface area contributed by atoms with Gasteiger partial charge in [-0.25, -0.2) is 16.8 Å². The molecule has 3 aromatic carbocycles. The Labute approximate surface area is 187 Å². The molecule has 2 N–H and O–H groups in total. The van der Waals surface area contributed by atoms with E-state index in [1.807, 2.05) is 0 Å². The van der Waals surface area contributed by atoms with Crippen molar-refractivity contribution in [1.82, 2.24) is 0 Å². The van der Waals surface area contributed by atoms with Crippen molar-refractivity contribution in [3.8, 4) is 17.2 Å². The number of sulfonamides is 2. The van der Waals surface area contributed by atoms with Crippen molar-refractivity contribution in [3.05, 3.63) is 66.7 Å². The van der Waals surface area contributed by atoms with Crippen LogP contribution in [0.25, 0.3) is 0 Å². The van der Waals surface area contributed by atoms with Crippen molar-refractivity contribution in [2.75, 3.05) is 30.8 Å². The number of benzene rings is 3. The Hall–Kier alpha value is -3.44. The molecular weight excluding hydrogens is 456 g/mol. The van der Waals surface area contributed by atoms with E-state index in [4.69, 9.17) is 14.2 Å². The Balaban J connectivity index is 1.78. The van der Waals surface area contributed by atoms with Gasteiger partial charge in [-0.2, -0.15) is 0 Å². The fourth-order valence-electron chi connectivity index (χ4n) is 2.76. The number of methoxy groups -OCH3 is 3. The first-order valence-corrected chi connectivity index (χ1v) is 12.2. The van der Waals surface area contributed by atoms with Crippen molar-refractivity contribution < 1.29 is 31.0 Å². The van der Waals surface area contributed by atoms with Crippen LogP contribution in [-0.2, 0) is 20.0 Å². The Kier molecular flexibility index (Phi) is 6.80. The predicted octanol–water partition coefficient (Wildman–Crippen LogP) is 3.31. The van der Waals surface area contributed by atoms with E-state index in [2.05, 4.69) is 9.44 Å². The van der Waals surface area contributed by atoms with Crippen molar-refractivity contribution in [1.29, 1.82) is 0 Å². The molecule has 0 saturated carbocycles. The highest BCUT2D eigenvalue weighted by molar-refractivity contribution is 7.93. The molecular formula is C21H22N2O7S2. The molecule has 9 nitrogen and oxygen atoms in total. The summed E-state index contributed by atoms with van der Waals surface area (Å²) in [6.45, 7) is 0. The summed E-state index contributed by atoms with van der Waals surface area (Å²) in [5.41, 5.74) is 0.444. The summed E-state index contributed by atoms with van der Waals surface area (Å²) >= 11 is 0. The van der Waals surface area contributed by atoms with Gasteiger partial charge in [-0.05, 0) is 60.7 Å². The Morgan fingerprint density at radius 1 is 0.594 bits per heavy atom. The van der Waals surface area contributed by atoms with Gasteiger partial charge in [-0.1, -0.05) is 0 Å². The van der Waals surface area contributed by atoms with Gasteiger partial charge in [0.1, 0.15) is 17.2 Å². The number of hydrogen-bond donors (Lipinski definition) is 2. The Morgan fingerprint density at radius 2 is 1.09 bits per heavy atom. The first-order chi connectivity index (χ1) is 15.2. The summed E-state index contributed by atoms with van der Waals surface area (Å²) in [4.78, 5) is -0.00830. The molecule has 0 radical (unpaired) electrons. The van der Waals surface area contributed by atoms with E-state index in [1.165, 1.54) is 75.9 Å². The molecule has 11 heteroatoms. The van der Waals surface area contributed by atoms with Crippen LogP contribution in [-0.4, -0.2) is 38.2 Å². The lowest BCUT2D eigenvalue weighted by Crippen LogP contribution is -2.15. The monoisotopic (exact) mass is 478 g/mol. The lowest BCUT2D eigenvalue weighted by atomic mass is 10.3. The molecule has 0 aliphatic heterocycles. The maximum atomic E-state index is 12.8. The third-order valence-electron chi connectivity index (χ3n) is 4.44. The van der Waals surface area contributed by atoms with Crippen LogP contribution in [0.5, 0.6) is 17.2 Å². The second-order valence-electron chi connectivity index (χ2n) is 6.48. The van der Waals surface area contributed by atoms with Crippen LogP contribution in [0.3, 0.4) is 0 Å². The first kappa shape index (κ1) is 23.2. The molecule has 3 rings (SSSR count). The molecule has 0 fully saturated rings. The molecule has 0 amide bonds. The average Bonchev–Trinajstić information content (AvgIpc) is 2.79. The van der Waals surface area contributed by atoms with E-state index in [9.17, 15) is 16.8 Å². The van der Waals surface area contributed by atoms with Gasteiger partial charge in [0.15, 0.2) is 0 Å². The van der Waals surface area contributed by atoms with E-state index >= 15 is 0 Å². The van der Waals surface area contributed by atoms with E-state index in [-0.39, 0.29) is 26.9 Å². The van der Waals surface area contributed by atoms with Crippen LogP contribution >= 0.6 is 0 Å². The summed E-state index contributed by atoms with van der Waals surface area (Å²) in [5.74, 6) is 1.33. The third-order valence-corrected chi connectivity index (χ3v) is 7.22. The van der Waals surface area contributed by atoms with Gasteiger partial charge in [0.2, 0.25) is 0 Å². The summed E-state index contributed by atoms with van der Waals surface area (Å²) in [6.07, 6.45) is 0. The van der Waals surface area contributed by atoms with Gasteiger partial charge < -0.3 is 14.2 Å². The third kappa shape index (κ3) is 5.24. The zero-order valence-electron chi connectivity index (χ0n) is 17.5. The highest BCUT2D eigenvalue weighted by atomic mass is 32.2. The molecule has 0 unspecified atom stereocenters. The fraction of sp³-hybridized carbons (Fsp3) is 0.143. The molecule has 3 aromatic rings. The summed E-state index contributed by atoms with van der Waals surface area (Å²) < 4.78 is 70.8. The molecule has 32 heavy (non-hydrogen) atoms. The van der Waals surface area contributed by atoms with E-state index < -0.39 is 20.0 Å². The highest BCUT2D eigenvalue weighted by Gasteiger charge is 2.19. The smallest absolute Gasteiger partial charge is 0.262 e. The molecule has 170 valence electrons. The SMILES string of the molecule is COc1ccc(S(=O)(=O)Nc2ccc(S(=O)(=O)Nc3ccc(OC)cc3OC)cc2)cc1. The van der Waals surface area contributed by atoms with Crippen molar-refractivity contribution >= 4 is 31.4 Å². The topological polar surface area (TPSA) is 120 Å². The summed E-state index contributed by atoms with van der Waals surface area (Å²) in [7, 11) is -3.41. The maximum Gasteiger partial charge on any atom is 0.262 e. The standard InChI is InChI=1S/C21H22N2O7S2/c1-28-16-6-11-19(12-7-16)31(24,25)22-15-4-9-18(10-5-15)32(26,27)23-20-13-8-17(29-2)14-21(20)30-3/h4-14,22-23H,1-3H3. The second-order valence-corrected chi connectivity index (χ2v) is 9.84. The van der Waals surface area contributed by atoms with Crippen molar-refractivity contribution in [2.45, 2.75) is 9.79 Å². The molecule has 0 aliphatic rings. The Bertz CT molecular complexity index is 1290. The van der Waals surface area contributed by atoms with Gasteiger partial charge in [-0.15, -0.1) is 0 Å². The second kappa shape index (κ2) is 9.37. The maximum absolute atomic E-state index is 12.8. The predicted molar refractivity (Wildman–Crippen MR) is 121 cm³/mol. The summed E-state index contributed by atoms with van der Waals surface area (Å²) in [5, 5.41) is 0. The van der Waals surface area contributed by atoms with Crippen molar-refractivity contribution in [2.24, 2.45) is 0 Å². The number of rotatable bonds is 9. The molecule has 0 bridgehead atoms. The van der Waals surface area contributed by atoms with Crippen LogP contribution < -0.4 is 23.7 Å². The average molecular weight is 479 g/mol. The molecule has 0 aliphatic carbocycles. The van der Waals surface area contributed by atoms with Crippen LogP contribution in [0.1, 0.15) is 0 Å². The van der Waals surface area contributed by atoms with Crippen LogP contribution in [0.15, 0.2) is 76.5 Å². The molecule has 0 aromatic heterocycles. The zero-order chi connectivity index (χ0) is 23.4. The number of anilines is 2. The number of ether oxygens (including phenoxy) is 3. The van der Waals surface area contributed by atoms with Crippen molar-refractivity contribution in [3.63, 3.8) is 0 Å². The van der Waals surface area contributed by atoms with E-state index in [0.717, 1.165) is 0 Å². The lowest BCUT2D eigenvalue weighted by Gasteiger charge is -2.13. The number of hydrogen-bond acceptors (Lipinski definition) is 7. The largest absolute Gasteiger partial charge is 0.497 e. The molecule has 0 spiro atoms. The van der Waals surface area contributed by atoms with Crippen LogP contribution in [0.4, 0.5) is 11.4 Å². The van der Waals surface area contributed by atoms with E-state index in [0.29, 0.717) is 11.5 Å². The lowest BCUT2D eigenvalue weighted by molar-refractivity contribution is 0.395. The van der Waals surface area contributed by atoms with Gasteiger partial charge in [0.05, 0.1) is 36.8 Å². The Morgan fingerprint density at radius 3 is 1.62 bits per heavy atom. The normalized spacial score (nSPS) is 11.5. The summed E-state index contributed by atoms with van der Waals surface area (Å²) in [6, 6.07) is 15.9. The minimum absolute atomic E-state index is 0.0447. The van der Waals surface area contributed by atoms with E-state index in [1.54, 1.807) is 12.1 Å². The van der Waals surface area contributed by atoms with Gasteiger partial charge in [0.25, 0.3) is 20.0 Å². The quantitative estimate of drug-likeness (QED) is 0.484. The van der Waals surface area contributed by atoms with Crippen LogP contribution in [0.2, 0.25) is 0 Å². The van der Waals surface area contributed by atoms with Gasteiger partial charge in [0, 0.05) is 11.8 Å². The first-order valence-electron chi connectivity index (χ1n) is 9.20. The van der Waals surface area contributed by atoms with Gasteiger partial charge in [-0.3, -0.25) is 9.44 Å². The number of nitrogens with one attached hydrogen (secondary N) is 2. The van der Waals surface area contributed by atoms with Crippen LogP contribution in [0, 0.1) is 0 Å². The highest BCUT2D eigenvalue weighted by Crippen LogP contribution is 2.31. The molecule has 0 heterocycles. The minimum atomic E-state index is -3.95. The zero-order valence-corrected chi connectivity index (χ0v) is 19.2.